The van der Waals surface area contributed by atoms with E-state index in [4.69, 9.17) is 0 Å². The molecule has 0 radical (unpaired) electrons. The van der Waals surface area contributed by atoms with Gasteiger partial charge < -0.3 is 5.32 Å². The van der Waals surface area contributed by atoms with Crippen LogP contribution in [0.3, 0.4) is 0 Å². The van der Waals surface area contributed by atoms with Crippen molar-refractivity contribution in [2.45, 2.75) is 38.8 Å². The maximum atomic E-state index is 13.9. The van der Waals surface area contributed by atoms with Gasteiger partial charge in [0.15, 0.2) is 0 Å². The Hall–Kier alpha value is -1.53. The summed E-state index contributed by atoms with van der Waals surface area (Å²) in [7, 11) is 0. The lowest BCUT2D eigenvalue weighted by Gasteiger charge is -2.32. The number of hydrogen-bond donors (Lipinski definition) is 1. The van der Waals surface area contributed by atoms with Gasteiger partial charge in [-0.1, -0.05) is 18.6 Å². The number of rotatable bonds is 6. The fraction of sp³-hybridized carbons (Fsp3) is 0.600. The van der Waals surface area contributed by atoms with Crippen LogP contribution in [0.15, 0.2) is 18.2 Å². The van der Waals surface area contributed by atoms with Gasteiger partial charge in [0.1, 0.15) is 0 Å². The smallest absolute Gasteiger partial charge is 0.305 e. The third-order valence-corrected chi connectivity index (χ3v) is 4.02. The molecule has 1 aromatic carbocycles. The standard InChI is InChI=1S/C15H22FN3O2/c1-12(18-8-3-2-4-9-18)10-17-11-13-6-5-7-14(15(13)16)19(20)21/h5-7,12,17H,2-4,8-11H2,1H3. The zero-order valence-corrected chi connectivity index (χ0v) is 12.3. The van der Waals surface area contributed by atoms with Gasteiger partial charge in [0.2, 0.25) is 5.82 Å². The highest BCUT2D eigenvalue weighted by Crippen LogP contribution is 2.20. The number of benzene rings is 1. The lowest BCUT2D eigenvalue weighted by atomic mass is 10.1. The van der Waals surface area contributed by atoms with E-state index in [-0.39, 0.29) is 0 Å². The molecule has 0 aliphatic carbocycles. The first-order chi connectivity index (χ1) is 10.1. The van der Waals surface area contributed by atoms with Crippen LogP contribution < -0.4 is 5.32 Å². The molecule has 1 heterocycles. The summed E-state index contributed by atoms with van der Waals surface area (Å²) in [6.07, 6.45) is 3.78. The minimum absolute atomic E-state index is 0.311. The molecule has 0 aromatic heterocycles. The second-order valence-corrected chi connectivity index (χ2v) is 5.58. The lowest BCUT2D eigenvalue weighted by Crippen LogP contribution is -2.43. The largest absolute Gasteiger partial charge is 0.311 e. The van der Waals surface area contributed by atoms with Gasteiger partial charge >= 0.3 is 5.69 Å². The number of likely N-dealkylation sites (tertiary alicyclic amines) is 1. The zero-order valence-electron chi connectivity index (χ0n) is 12.3. The minimum atomic E-state index is -0.736. The number of hydrogen-bond acceptors (Lipinski definition) is 4. The van der Waals surface area contributed by atoms with E-state index < -0.39 is 16.4 Å². The van der Waals surface area contributed by atoms with E-state index in [1.54, 1.807) is 6.07 Å². The molecule has 116 valence electrons. The molecule has 0 bridgehead atoms. The average Bonchev–Trinajstić information content (AvgIpc) is 2.49. The Morgan fingerprint density at radius 1 is 1.38 bits per heavy atom. The first-order valence-electron chi connectivity index (χ1n) is 7.46. The van der Waals surface area contributed by atoms with E-state index in [1.165, 1.54) is 31.4 Å². The topological polar surface area (TPSA) is 58.4 Å². The molecule has 6 heteroatoms. The minimum Gasteiger partial charge on any atom is -0.311 e. The van der Waals surface area contributed by atoms with Crippen LogP contribution in [0.5, 0.6) is 0 Å². The van der Waals surface area contributed by atoms with Crippen LogP contribution in [-0.2, 0) is 6.54 Å². The van der Waals surface area contributed by atoms with Gasteiger partial charge in [-0.25, -0.2) is 0 Å². The van der Waals surface area contributed by atoms with E-state index in [2.05, 4.69) is 17.1 Å². The maximum Gasteiger partial charge on any atom is 0.305 e. The highest BCUT2D eigenvalue weighted by molar-refractivity contribution is 5.36. The van der Waals surface area contributed by atoms with E-state index in [0.29, 0.717) is 18.2 Å². The Balaban J connectivity index is 1.85. The van der Waals surface area contributed by atoms with Crippen molar-refractivity contribution in [1.29, 1.82) is 0 Å². The molecule has 1 aliphatic rings. The highest BCUT2D eigenvalue weighted by Gasteiger charge is 2.18. The number of halogens is 1. The van der Waals surface area contributed by atoms with Crippen molar-refractivity contribution in [2.75, 3.05) is 19.6 Å². The summed E-state index contributed by atoms with van der Waals surface area (Å²) < 4.78 is 13.9. The van der Waals surface area contributed by atoms with Crippen molar-refractivity contribution in [1.82, 2.24) is 10.2 Å². The van der Waals surface area contributed by atoms with Crippen LogP contribution in [0.25, 0.3) is 0 Å². The van der Waals surface area contributed by atoms with Crippen LogP contribution in [0.4, 0.5) is 10.1 Å². The predicted octanol–water partition coefficient (Wildman–Crippen LogP) is 2.70. The van der Waals surface area contributed by atoms with Gasteiger partial charge in [-0.2, -0.15) is 4.39 Å². The lowest BCUT2D eigenvalue weighted by molar-refractivity contribution is -0.387. The van der Waals surface area contributed by atoms with Gasteiger partial charge in [0, 0.05) is 30.8 Å². The van der Waals surface area contributed by atoms with Crippen LogP contribution >= 0.6 is 0 Å². The molecule has 1 aromatic rings. The Morgan fingerprint density at radius 3 is 2.76 bits per heavy atom. The van der Waals surface area contributed by atoms with Gasteiger partial charge in [0.25, 0.3) is 0 Å². The Labute approximate surface area is 124 Å². The molecule has 1 fully saturated rings. The number of nitro groups is 1. The fourth-order valence-corrected chi connectivity index (χ4v) is 2.75. The molecule has 21 heavy (non-hydrogen) atoms. The molecule has 5 nitrogen and oxygen atoms in total. The summed E-state index contributed by atoms with van der Waals surface area (Å²) in [4.78, 5) is 12.4. The average molecular weight is 295 g/mol. The first-order valence-corrected chi connectivity index (χ1v) is 7.46. The van der Waals surface area contributed by atoms with Crippen molar-refractivity contribution in [3.63, 3.8) is 0 Å². The van der Waals surface area contributed by atoms with E-state index in [9.17, 15) is 14.5 Å². The summed E-state index contributed by atoms with van der Waals surface area (Å²) in [6.45, 7) is 5.46. The SMILES string of the molecule is CC(CNCc1cccc([N+](=O)[O-])c1F)N1CCCCC1. The highest BCUT2D eigenvalue weighted by atomic mass is 19.1. The normalized spacial score (nSPS) is 17.6. The van der Waals surface area contributed by atoms with Crippen LogP contribution in [-0.4, -0.2) is 35.5 Å². The number of piperidine rings is 1. The molecule has 1 unspecified atom stereocenters. The number of nitro benzene ring substituents is 1. The summed E-state index contributed by atoms with van der Waals surface area (Å²) in [6, 6.07) is 4.69. The molecule has 1 N–H and O–H groups in total. The zero-order chi connectivity index (χ0) is 15.2. The summed E-state index contributed by atoms with van der Waals surface area (Å²) in [5.74, 6) is -0.736. The predicted molar refractivity (Wildman–Crippen MR) is 79.6 cm³/mol. The van der Waals surface area contributed by atoms with Crippen molar-refractivity contribution in [2.24, 2.45) is 0 Å². The number of nitrogens with one attached hydrogen (secondary N) is 1. The second-order valence-electron chi connectivity index (χ2n) is 5.58. The van der Waals surface area contributed by atoms with E-state index >= 15 is 0 Å². The van der Waals surface area contributed by atoms with Gasteiger partial charge in [-0.15, -0.1) is 0 Å². The van der Waals surface area contributed by atoms with Gasteiger partial charge in [-0.3, -0.25) is 15.0 Å². The molecule has 0 amide bonds. The van der Waals surface area contributed by atoms with Crippen molar-refractivity contribution in [3.05, 3.63) is 39.7 Å². The second kappa shape index (κ2) is 7.47. The van der Waals surface area contributed by atoms with Crippen molar-refractivity contribution in [3.8, 4) is 0 Å². The Kier molecular flexibility index (Phi) is 5.64. The van der Waals surface area contributed by atoms with Crippen molar-refractivity contribution >= 4 is 5.69 Å². The van der Waals surface area contributed by atoms with E-state index in [0.717, 1.165) is 19.6 Å². The molecular formula is C15H22FN3O2. The first kappa shape index (κ1) is 15.9. The fourth-order valence-electron chi connectivity index (χ4n) is 2.75. The third-order valence-electron chi connectivity index (χ3n) is 4.02. The molecule has 0 saturated carbocycles. The molecule has 1 aliphatic heterocycles. The van der Waals surface area contributed by atoms with Crippen molar-refractivity contribution < 1.29 is 9.31 Å². The van der Waals surface area contributed by atoms with Crippen LogP contribution in [0.1, 0.15) is 31.7 Å². The Bertz CT molecular complexity index is 490. The molecule has 2 rings (SSSR count). The van der Waals surface area contributed by atoms with Crippen LogP contribution in [0.2, 0.25) is 0 Å². The monoisotopic (exact) mass is 295 g/mol. The van der Waals surface area contributed by atoms with Gasteiger partial charge in [-0.05, 0) is 32.9 Å². The summed E-state index contributed by atoms with van der Waals surface area (Å²) in [5.41, 5.74) is -0.117. The molecular weight excluding hydrogens is 273 g/mol. The van der Waals surface area contributed by atoms with Crippen LogP contribution in [0, 0.1) is 15.9 Å². The maximum absolute atomic E-state index is 13.9. The Morgan fingerprint density at radius 2 is 2.10 bits per heavy atom. The van der Waals surface area contributed by atoms with Gasteiger partial charge in [0.05, 0.1) is 4.92 Å². The molecule has 1 saturated heterocycles. The molecule has 0 spiro atoms. The summed E-state index contributed by atoms with van der Waals surface area (Å²) >= 11 is 0. The quantitative estimate of drug-likeness (QED) is 0.647. The summed E-state index contributed by atoms with van der Waals surface area (Å²) in [5, 5.41) is 13.9. The van der Waals surface area contributed by atoms with E-state index in [1.807, 2.05) is 0 Å². The number of nitrogens with zero attached hydrogens (tertiary/aromatic N) is 2. The third kappa shape index (κ3) is 4.22. The molecule has 1 atom stereocenters.